The van der Waals surface area contributed by atoms with Gasteiger partial charge in [-0.15, -0.1) is 0 Å². The van der Waals surface area contributed by atoms with E-state index in [1.165, 1.54) is 4.68 Å². The maximum Gasteiger partial charge on any atom is 0.170 e. The van der Waals surface area contributed by atoms with Crippen molar-refractivity contribution in [3.63, 3.8) is 0 Å². The summed E-state index contributed by atoms with van der Waals surface area (Å²) >= 11 is 17.8. The second-order valence-corrected chi connectivity index (χ2v) is 4.27. The van der Waals surface area contributed by atoms with Crippen LogP contribution in [0.2, 0.25) is 15.1 Å². The molecule has 0 amide bonds. The number of aromatic nitrogens is 2. The third kappa shape index (κ3) is 2.07. The maximum atomic E-state index is 10.5. The van der Waals surface area contributed by atoms with Gasteiger partial charge in [-0.25, -0.2) is 4.68 Å². The van der Waals surface area contributed by atoms with Gasteiger partial charge in [0.25, 0.3) is 0 Å². The quantitative estimate of drug-likeness (QED) is 0.784. The zero-order valence-electron chi connectivity index (χ0n) is 7.82. The SMILES string of the molecule is O=Cc1ccn(-c2c(Cl)cc(Cl)cc2Cl)n1. The Morgan fingerprint density at radius 1 is 1.19 bits per heavy atom. The second-order valence-electron chi connectivity index (χ2n) is 3.02. The fraction of sp³-hybridized carbons (Fsp3) is 0. The zero-order chi connectivity index (χ0) is 11.7. The molecule has 0 aliphatic heterocycles. The number of nitrogens with zero attached hydrogens (tertiary/aromatic N) is 2. The van der Waals surface area contributed by atoms with Crippen molar-refractivity contribution < 1.29 is 4.79 Å². The normalized spacial score (nSPS) is 10.4. The molecule has 0 N–H and O–H groups in total. The lowest BCUT2D eigenvalue weighted by Crippen LogP contribution is -1.98. The Labute approximate surface area is 107 Å². The summed E-state index contributed by atoms with van der Waals surface area (Å²) in [6, 6.07) is 4.69. The van der Waals surface area contributed by atoms with E-state index in [2.05, 4.69) is 5.10 Å². The smallest absolute Gasteiger partial charge is 0.170 e. The second kappa shape index (κ2) is 4.45. The van der Waals surface area contributed by atoms with Gasteiger partial charge in [0, 0.05) is 11.2 Å². The topological polar surface area (TPSA) is 34.9 Å². The summed E-state index contributed by atoms with van der Waals surface area (Å²) in [6.45, 7) is 0. The molecule has 0 atom stereocenters. The molecule has 0 unspecified atom stereocenters. The minimum Gasteiger partial charge on any atom is -0.296 e. The lowest BCUT2D eigenvalue weighted by Gasteiger charge is -2.07. The molecule has 6 heteroatoms. The van der Waals surface area contributed by atoms with Crippen molar-refractivity contribution in [3.05, 3.63) is 45.2 Å². The fourth-order valence-corrected chi connectivity index (χ4v) is 2.27. The number of carbonyl (C=O) groups excluding carboxylic acids is 1. The standard InChI is InChI=1S/C10H5Cl3N2O/c11-6-3-8(12)10(9(13)4-6)15-2-1-7(5-16)14-15/h1-5H. The van der Waals surface area contributed by atoms with Gasteiger partial charge in [-0.1, -0.05) is 34.8 Å². The lowest BCUT2D eigenvalue weighted by molar-refractivity contribution is 0.111. The van der Waals surface area contributed by atoms with E-state index in [0.29, 0.717) is 32.7 Å². The maximum absolute atomic E-state index is 10.5. The Kier molecular flexibility index (Phi) is 3.19. The molecule has 2 rings (SSSR count). The molecular weight excluding hydrogens is 270 g/mol. The van der Waals surface area contributed by atoms with Gasteiger partial charge in [-0.2, -0.15) is 5.10 Å². The summed E-state index contributed by atoms with van der Waals surface area (Å²) in [4.78, 5) is 10.5. The van der Waals surface area contributed by atoms with E-state index in [0.717, 1.165) is 0 Å². The average Bonchev–Trinajstić information content (AvgIpc) is 2.64. The number of rotatable bonds is 2. The van der Waals surface area contributed by atoms with E-state index in [4.69, 9.17) is 34.8 Å². The predicted octanol–water partition coefficient (Wildman–Crippen LogP) is 3.65. The van der Waals surface area contributed by atoms with Crippen LogP contribution in [0.3, 0.4) is 0 Å². The van der Waals surface area contributed by atoms with Crippen molar-refractivity contribution in [1.82, 2.24) is 9.78 Å². The Morgan fingerprint density at radius 2 is 1.81 bits per heavy atom. The summed E-state index contributed by atoms with van der Waals surface area (Å²) in [5.74, 6) is 0. The molecule has 0 aliphatic rings. The van der Waals surface area contributed by atoms with Gasteiger partial charge in [0.15, 0.2) is 6.29 Å². The number of benzene rings is 1. The number of hydrogen-bond acceptors (Lipinski definition) is 2. The van der Waals surface area contributed by atoms with Crippen LogP contribution in [0.5, 0.6) is 0 Å². The molecule has 0 aliphatic carbocycles. The summed E-state index contributed by atoms with van der Waals surface area (Å²) in [6.07, 6.45) is 2.25. The van der Waals surface area contributed by atoms with Gasteiger partial charge in [0.05, 0.1) is 10.0 Å². The summed E-state index contributed by atoms with van der Waals surface area (Å²) in [5.41, 5.74) is 0.808. The Hall–Kier alpha value is -1.03. The molecule has 16 heavy (non-hydrogen) atoms. The highest BCUT2D eigenvalue weighted by atomic mass is 35.5. The van der Waals surface area contributed by atoms with Crippen LogP contribution in [0.15, 0.2) is 24.4 Å². The van der Waals surface area contributed by atoms with Crippen LogP contribution in [0.25, 0.3) is 5.69 Å². The van der Waals surface area contributed by atoms with Crippen LogP contribution in [0, 0.1) is 0 Å². The summed E-state index contributed by atoms with van der Waals surface area (Å²) < 4.78 is 1.44. The first-order valence-corrected chi connectivity index (χ1v) is 5.41. The van der Waals surface area contributed by atoms with Gasteiger partial charge >= 0.3 is 0 Å². The monoisotopic (exact) mass is 274 g/mol. The van der Waals surface area contributed by atoms with Gasteiger partial charge in [0.2, 0.25) is 0 Å². The molecule has 82 valence electrons. The molecule has 0 radical (unpaired) electrons. The highest BCUT2D eigenvalue weighted by molar-refractivity contribution is 6.40. The average molecular weight is 276 g/mol. The van der Waals surface area contributed by atoms with E-state index >= 15 is 0 Å². The third-order valence-corrected chi connectivity index (χ3v) is 2.74. The molecule has 3 nitrogen and oxygen atoms in total. The van der Waals surface area contributed by atoms with Crippen molar-refractivity contribution >= 4 is 41.1 Å². The number of hydrogen-bond donors (Lipinski definition) is 0. The van der Waals surface area contributed by atoms with E-state index in [1.807, 2.05) is 0 Å². The van der Waals surface area contributed by atoms with Crippen molar-refractivity contribution in [1.29, 1.82) is 0 Å². The van der Waals surface area contributed by atoms with Crippen LogP contribution in [0.4, 0.5) is 0 Å². The van der Waals surface area contributed by atoms with Crippen molar-refractivity contribution in [2.24, 2.45) is 0 Å². The van der Waals surface area contributed by atoms with Crippen LogP contribution in [0.1, 0.15) is 10.5 Å². The van der Waals surface area contributed by atoms with E-state index in [-0.39, 0.29) is 0 Å². The molecular formula is C10H5Cl3N2O. The van der Waals surface area contributed by atoms with Crippen molar-refractivity contribution in [2.75, 3.05) is 0 Å². The first kappa shape index (κ1) is 11.5. The number of halogens is 3. The molecule has 0 saturated heterocycles. The molecule has 0 fully saturated rings. The van der Waals surface area contributed by atoms with Crippen LogP contribution >= 0.6 is 34.8 Å². The zero-order valence-corrected chi connectivity index (χ0v) is 10.1. The number of carbonyl (C=O) groups is 1. The molecule has 0 bridgehead atoms. The Bertz CT molecular complexity index is 528. The van der Waals surface area contributed by atoms with E-state index in [9.17, 15) is 4.79 Å². The first-order chi connectivity index (χ1) is 7.61. The molecule has 2 aromatic rings. The highest BCUT2D eigenvalue weighted by Gasteiger charge is 2.11. The highest BCUT2D eigenvalue weighted by Crippen LogP contribution is 2.31. The van der Waals surface area contributed by atoms with Crippen LogP contribution in [-0.2, 0) is 0 Å². The predicted molar refractivity (Wildman–Crippen MR) is 64.0 cm³/mol. The molecule has 0 spiro atoms. The third-order valence-electron chi connectivity index (χ3n) is 1.94. The van der Waals surface area contributed by atoms with Gasteiger partial charge < -0.3 is 0 Å². The van der Waals surface area contributed by atoms with Gasteiger partial charge in [-0.05, 0) is 18.2 Å². The van der Waals surface area contributed by atoms with E-state index in [1.54, 1.807) is 24.4 Å². The summed E-state index contributed by atoms with van der Waals surface area (Å²) in [7, 11) is 0. The van der Waals surface area contributed by atoms with Gasteiger partial charge in [-0.3, -0.25) is 4.79 Å². The molecule has 0 saturated carbocycles. The molecule has 1 aromatic heterocycles. The fourth-order valence-electron chi connectivity index (χ4n) is 1.28. The van der Waals surface area contributed by atoms with Crippen LogP contribution < -0.4 is 0 Å². The first-order valence-electron chi connectivity index (χ1n) is 4.27. The van der Waals surface area contributed by atoms with Crippen molar-refractivity contribution in [2.45, 2.75) is 0 Å². The Morgan fingerprint density at radius 3 is 2.31 bits per heavy atom. The number of aldehydes is 1. The molecule has 1 heterocycles. The molecule has 1 aromatic carbocycles. The minimum atomic E-state index is 0.307. The lowest BCUT2D eigenvalue weighted by atomic mass is 10.3. The summed E-state index contributed by atoms with van der Waals surface area (Å²) in [5, 5.41) is 5.18. The minimum absolute atomic E-state index is 0.307. The van der Waals surface area contributed by atoms with Crippen LogP contribution in [-0.4, -0.2) is 16.1 Å². The van der Waals surface area contributed by atoms with Crippen molar-refractivity contribution in [3.8, 4) is 5.69 Å². The largest absolute Gasteiger partial charge is 0.296 e. The Balaban J connectivity index is 2.59. The van der Waals surface area contributed by atoms with Gasteiger partial charge in [0.1, 0.15) is 11.4 Å². The van der Waals surface area contributed by atoms with E-state index < -0.39 is 0 Å².